The fraction of sp³-hybridized carbons (Fsp3) is 0.526. The van der Waals surface area contributed by atoms with Crippen molar-refractivity contribution in [3.05, 3.63) is 47.1 Å². The summed E-state index contributed by atoms with van der Waals surface area (Å²) in [4.78, 5) is 12.1. The molecule has 20 heavy (non-hydrogen) atoms. The molecule has 0 saturated heterocycles. The van der Waals surface area contributed by atoms with Crippen LogP contribution in [0, 0.1) is 5.41 Å². The lowest BCUT2D eigenvalue weighted by atomic mass is 9.68. The van der Waals surface area contributed by atoms with Crippen LogP contribution in [0.15, 0.2) is 47.1 Å². The predicted octanol–water partition coefficient (Wildman–Crippen LogP) is 5.30. The molecule has 0 aromatic carbocycles. The Morgan fingerprint density at radius 2 is 1.85 bits per heavy atom. The lowest BCUT2D eigenvalue weighted by molar-refractivity contribution is -0.116. The first kappa shape index (κ1) is 15.0. The molecule has 0 saturated carbocycles. The molecule has 0 radical (unpaired) electrons. The molecule has 0 spiro atoms. The van der Waals surface area contributed by atoms with Gasteiger partial charge in [-0.05, 0) is 68.6 Å². The fourth-order valence-electron chi connectivity index (χ4n) is 3.14. The third-order valence-corrected chi connectivity index (χ3v) is 4.79. The zero-order chi connectivity index (χ0) is 14.8. The number of rotatable bonds is 0. The number of ketones is 1. The van der Waals surface area contributed by atoms with Crippen LogP contribution in [0.2, 0.25) is 0 Å². The smallest absolute Gasteiger partial charge is 0.156 e. The Morgan fingerprint density at radius 1 is 1.15 bits per heavy atom. The molecule has 1 heteroatoms. The van der Waals surface area contributed by atoms with E-state index in [1.165, 1.54) is 16.7 Å². The van der Waals surface area contributed by atoms with E-state index >= 15 is 0 Å². The van der Waals surface area contributed by atoms with E-state index in [4.69, 9.17) is 0 Å². The van der Waals surface area contributed by atoms with E-state index in [9.17, 15) is 4.79 Å². The van der Waals surface area contributed by atoms with E-state index in [2.05, 4.69) is 39.5 Å². The van der Waals surface area contributed by atoms with Gasteiger partial charge in [0.05, 0.1) is 0 Å². The SMILES string of the molecule is C=C1C2=CC(=O)C[C@]1(C)CC/C(C)=C/CC/C(C)=C/C2. The predicted molar refractivity (Wildman–Crippen MR) is 85.6 cm³/mol. The van der Waals surface area contributed by atoms with Crippen LogP contribution < -0.4 is 0 Å². The zero-order valence-electron chi connectivity index (χ0n) is 13.1. The van der Waals surface area contributed by atoms with Crippen LogP contribution in [-0.4, -0.2) is 5.78 Å². The summed E-state index contributed by atoms with van der Waals surface area (Å²) < 4.78 is 0. The molecule has 1 nitrogen and oxygen atoms in total. The normalized spacial score (nSPS) is 34.0. The Bertz CT molecular complexity index is 516. The van der Waals surface area contributed by atoms with Crippen LogP contribution in [0.4, 0.5) is 0 Å². The molecule has 0 unspecified atom stereocenters. The molecule has 0 N–H and O–H groups in total. The van der Waals surface area contributed by atoms with Gasteiger partial charge in [0, 0.05) is 6.42 Å². The number of hydrogen-bond donors (Lipinski definition) is 0. The third-order valence-electron chi connectivity index (χ3n) is 4.79. The summed E-state index contributed by atoms with van der Waals surface area (Å²) in [7, 11) is 0. The minimum absolute atomic E-state index is 0.0583. The van der Waals surface area contributed by atoms with E-state index in [0.29, 0.717) is 6.42 Å². The van der Waals surface area contributed by atoms with E-state index in [1.807, 2.05) is 6.08 Å². The van der Waals surface area contributed by atoms with Crippen molar-refractivity contribution >= 4 is 5.78 Å². The van der Waals surface area contributed by atoms with Crippen molar-refractivity contribution < 1.29 is 4.79 Å². The average molecular weight is 270 g/mol. The van der Waals surface area contributed by atoms with Crippen molar-refractivity contribution in [1.82, 2.24) is 0 Å². The largest absolute Gasteiger partial charge is 0.295 e. The van der Waals surface area contributed by atoms with Crippen LogP contribution >= 0.6 is 0 Å². The van der Waals surface area contributed by atoms with Gasteiger partial charge < -0.3 is 0 Å². The molecule has 0 aromatic rings. The van der Waals surface area contributed by atoms with E-state index in [0.717, 1.165) is 37.7 Å². The minimum Gasteiger partial charge on any atom is -0.295 e. The quantitative estimate of drug-likeness (QED) is 0.545. The summed E-state index contributed by atoms with van der Waals surface area (Å²) in [6.07, 6.45) is 12.3. The summed E-state index contributed by atoms with van der Waals surface area (Å²) in [5.41, 5.74) is 5.11. The number of fused-ring (bicyclic) bond motifs is 2. The van der Waals surface area contributed by atoms with Crippen LogP contribution in [0.3, 0.4) is 0 Å². The first-order chi connectivity index (χ1) is 9.40. The van der Waals surface area contributed by atoms with Gasteiger partial charge >= 0.3 is 0 Å². The van der Waals surface area contributed by atoms with E-state index in [1.54, 1.807) is 0 Å². The standard InChI is InChI=1S/C19H26O/c1-14-6-5-7-15(2)10-11-19(4)13-18(20)12-17(9-8-14)16(19)3/h7-8,12H,3,5-6,9-11,13H2,1-2,4H3/b14-8+,15-7+/t19-/m0/s1. The average Bonchev–Trinajstić information content (AvgIpc) is 2.38. The summed E-state index contributed by atoms with van der Waals surface area (Å²) >= 11 is 0. The van der Waals surface area contributed by atoms with Crippen LogP contribution in [0.1, 0.15) is 59.3 Å². The molecule has 2 aliphatic carbocycles. The molecule has 0 aliphatic heterocycles. The highest BCUT2D eigenvalue weighted by atomic mass is 16.1. The third kappa shape index (κ3) is 3.39. The van der Waals surface area contributed by atoms with Crippen molar-refractivity contribution in [1.29, 1.82) is 0 Å². The van der Waals surface area contributed by atoms with Crippen molar-refractivity contribution in [2.24, 2.45) is 5.41 Å². The highest BCUT2D eigenvalue weighted by Gasteiger charge is 2.34. The van der Waals surface area contributed by atoms with E-state index in [-0.39, 0.29) is 11.2 Å². The number of carbonyl (C=O) groups excluding carboxylic acids is 1. The van der Waals surface area contributed by atoms with Crippen LogP contribution in [-0.2, 0) is 4.79 Å². The Morgan fingerprint density at radius 3 is 2.60 bits per heavy atom. The Balaban J connectivity index is 2.35. The lowest BCUT2D eigenvalue weighted by Gasteiger charge is -2.36. The molecule has 2 aliphatic rings. The van der Waals surface area contributed by atoms with Gasteiger partial charge in [-0.15, -0.1) is 0 Å². The van der Waals surface area contributed by atoms with Gasteiger partial charge in [0.25, 0.3) is 0 Å². The summed E-state index contributed by atoms with van der Waals surface area (Å²) in [6.45, 7) is 10.9. The van der Waals surface area contributed by atoms with Crippen LogP contribution in [0.25, 0.3) is 0 Å². The van der Waals surface area contributed by atoms with Gasteiger partial charge in [-0.3, -0.25) is 4.79 Å². The summed E-state index contributed by atoms with van der Waals surface area (Å²) in [6, 6.07) is 0. The second-order valence-corrected chi connectivity index (χ2v) is 6.70. The topological polar surface area (TPSA) is 17.1 Å². The van der Waals surface area contributed by atoms with Gasteiger partial charge in [-0.1, -0.05) is 36.8 Å². The molecule has 1 atom stereocenters. The van der Waals surface area contributed by atoms with Gasteiger partial charge in [0.1, 0.15) is 0 Å². The van der Waals surface area contributed by atoms with E-state index < -0.39 is 0 Å². The summed E-state index contributed by atoms with van der Waals surface area (Å²) in [5.74, 6) is 0.264. The van der Waals surface area contributed by atoms with Gasteiger partial charge in [0.2, 0.25) is 0 Å². The fourth-order valence-corrected chi connectivity index (χ4v) is 3.14. The maximum atomic E-state index is 12.1. The molecular weight excluding hydrogens is 244 g/mol. The Labute approximate surface area is 123 Å². The molecule has 0 heterocycles. The molecule has 0 aromatic heterocycles. The number of allylic oxidation sites excluding steroid dienone is 7. The number of hydrogen-bond acceptors (Lipinski definition) is 1. The van der Waals surface area contributed by atoms with Crippen molar-refractivity contribution in [2.45, 2.75) is 59.3 Å². The Hall–Kier alpha value is -1.37. The lowest BCUT2D eigenvalue weighted by Crippen LogP contribution is -2.27. The molecule has 108 valence electrons. The molecule has 0 fully saturated rings. The highest BCUT2D eigenvalue weighted by Crippen LogP contribution is 2.44. The number of carbonyl (C=O) groups is 1. The van der Waals surface area contributed by atoms with Crippen LogP contribution in [0.5, 0.6) is 0 Å². The maximum absolute atomic E-state index is 12.1. The van der Waals surface area contributed by atoms with Gasteiger partial charge in [-0.2, -0.15) is 0 Å². The van der Waals surface area contributed by atoms with Crippen molar-refractivity contribution in [3.8, 4) is 0 Å². The zero-order valence-corrected chi connectivity index (χ0v) is 13.1. The van der Waals surface area contributed by atoms with Crippen molar-refractivity contribution in [3.63, 3.8) is 0 Å². The molecule has 2 bridgehead atoms. The van der Waals surface area contributed by atoms with Crippen molar-refractivity contribution in [2.75, 3.05) is 0 Å². The first-order valence-electron chi connectivity index (χ1n) is 7.65. The van der Waals surface area contributed by atoms with Gasteiger partial charge in [-0.25, -0.2) is 0 Å². The molecular formula is C19H26O. The minimum atomic E-state index is -0.0583. The molecule has 2 rings (SSSR count). The highest BCUT2D eigenvalue weighted by molar-refractivity contribution is 5.93. The summed E-state index contributed by atoms with van der Waals surface area (Å²) in [5, 5.41) is 0. The molecule has 0 amide bonds. The second-order valence-electron chi connectivity index (χ2n) is 6.70. The second kappa shape index (κ2) is 5.95. The maximum Gasteiger partial charge on any atom is 0.156 e. The Kier molecular flexibility index (Phi) is 4.47. The monoisotopic (exact) mass is 270 g/mol. The first-order valence-corrected chi connectivity index (χ1v) is 7.65. The van der Waals surface area contributed by atoms with Gasteiger partial charge in [0.15, 0.2) is 5.78 Å².